The van der Waals surface area contributed by atoms with Crippen molar-refractivity contribution in [3.63, 3.8) is 0 Å². The fourth-order valence-corrected chi connectivity index (χ4v) is 7.41. The van der Waals surface area contributed by atoms with Crippen LogP contribution in [0.15, 0.2) is 46.2 Å². The molecule has 5 nitrogen and oxygen atoms in total. The van der Waals surface area contributed by atoms with Gasteiger partial charge in [-0.2, -0.15) is 0 Å². The van der Waals surface area contributed by atoms with Gasteiger partial charge in [0.2, 0.25) is 0 Å². The van der Waals surface area contributed by atoms with E-state index in [4.69, 9.17) is 16.3 Å². The van der Waals surface area contributed by atoms with Gasteiger partial charge in [-0.1, -0.05) is 11.6 Å². The second-order valence-corrected chi connectivity index (χ2v) is 11.3. The van der Waals surface area contributed by atoms with Crippen LogP contribution in [-0.4, -0.2) is 38.1 Å². The van der Waals surface area contributed by atoms with Crippen molar-refractivity contribution in [2.45, 2.75) is 40.7 Å². The summed E-state index contributed by atoms with van der Waals surface area (Å²) in [6.07, 6.45) is 2.15. The number of thioether (sulfide) groups is 1. The van der Waals surface area contributed by atoms with E-state index in [-0.39, 0.29) is 38.1 Å². The molecule has 1 aliphatic carbocycles. The van der Waals surface area contributed by atoms with Gasteiger partial charge in [-0.05, 0) is 61.2 Å². The summed E-state index contributed by atoms with van der Waals surface area (Å²) in [4.78, 5) is 27.3. The maximum absolute atomic E-state index is 13.4. The Labute approximate surface area is 185 Å². The first-order valence-corrected chi connectivity index (χ1v) is 12.6. The van der Waals surface area contributed by atoms with Crippen LogP contribution in [-0.2, 0) is 21.1 Å². The van der Waals surface area contributed by atoms with Crippen LogP contribution >= 0.6 is 23.4 Å². The van der Waals surface area contributed by atoms with E-state index in [1.54, 1.807) is 7.11 Å². The van der Waals surface area contributed by atoms with Crippen LogP contribution in [0.4, 0.5) is 0 Å². The zero-order valence-electron chi connectivity index (χ0n) is 16.4. The molecule has 0 spiro atoms. The van der Waals surface area contributed by atoms with Crippen LogP contribution in [0.25, 0.3) is 0 Å². The highest BCUT2D eigenvalue weighted by atomic mass is 35.5. The highest BCUT2D eigenvalue weighted by Gasteiger charge is 2.40. The molecular weight excluding hydrogens is 444 g/mol. The Morgan fingerprint density at radius 2 is 1.87 bits per heavy atom. The van der Waals surface area contributed by atoms with Crippen molar-refractivity contribution in [3.8, 4) is 5.75 Å². The predicted octanol–water partition coefficient (Wildman–Crippen LogP) is 4.39. The van der Waals surface area contributed by atoms with Gasteiger partial charge in [-0.15, -0.1) is 11.8 Å². The van der Waals surface area contributed by atoms with Crippen molar-refractivity contribution >= 4 is 44.8 Å². The Bertz CT molecular complexity index is 1110. The third kappa shape index (κ3) is 3.90. The molecule has 0 N–H and O–H groups in total. The molecule has 2 unspecified atom stereocenters. The second kappa shape index (κ2) is 8.36. The molecular formula is C22H21ClO5S2. The van der Waals surface area contributed by atoms with E-state index in [0.29, 0.717) is 18.4 Å². The Balaban J connectivity index is 1.64. The fraction of sp³-hybridized carbons (Fsp3) is 0.364. The number of carbonyl (C=O) groups is 2. The molecule has 0 bridgehead atoms. The molecule has 2 aromatic carbocycles. The number of hydrogen-bond donors (Lipinski definition) is 0. The lowest BCUT2D eigenvalue weighted by Crippen LogP contribution is -2.37. The minimum Gasteiger partial charge on any atom is -0.497 e. The smallest absolute Gasteiger partial charge is 0.179 e. The third-order valence-electron chi connectivity index (χ3n) is 5.68. The summed E-state index contributed by atoms with van der Waals surface area (Å²) in [5.41, 5.74) is 0.734. The molecule has 0 amide bonds. The number of sulfone groups is 1. The number of hydrogen-bond acceptors (Lipinski definition) is 6. The van der Waals surface area contributed by atoms with Gasteiger partial charge >= 0.3 is 0 Å². The Kier molecular flexibility index (Phi) is 5.97. The standard InChI is InChI=1S/C22H21ClO5S2/c1-28-13-5-7-14(8-6-13)29-18-4-2-3-17(24)20(18)22(25)16-9-10-19-15(21(16)23)11-12-30(19,26)27/h5-10,18,20H,2-4,11-12H2,1H3. The van der Waals surface area contributed by atoms with Gasteiger partial charge in [0, 0.05) is 22.1 Å². The van der Waals surface area contributed by atoms with Crippen LogP contribution in [0.2, 0.25) is 5.02 Å². The molecule has 4 rings (SSSR count). The first-order valence-electron chi connectivity index (χ1n) is 9.73. The van der Waals surface area contributed by atoms with Gasteiger partial charge in [0.1, 0.15) is 11.5 Å². The van der Waals surface area contributed by atoms with E-state index >= 15 is 0 Å². The van der Waals surface area contributed by atoms with Gasteiger partial charge in [0.05, 0.1) is 28.7 Å². The molecule has 8 heteroatoms. The lowest BCUT2D eigenvalue weighted by molar-refractivity contribution is -0.122. The lowest BCUT2D eigenvalue weighted by Gasteiger charge is -2.29. The van der Waals surface area contributed by atoms with Gasteiger partial charge in [0.15, 0.2) is 15.6 Å². The van der Waals surface area contributed by atoms with Crippen molar-refractivity contribution in [3.05, 3.63) is 52.5 Å². The summed E-state index contributed by atoms with van der Waals surface area (Å²) in [5.74, 6) is -0.451. The van der Waals surface area contributed by atoms with Gasteiger partial charge in [-0.25, -0.2) is 8.42 Å². The van der Waals surface area contributed by atoms with Crippen molar-refractivity contribution < 1.29 is 22.7 Å². The van der Waals surface area contributed by atoms with Crippen molar-refractivity contribution in [1.29, 1.82) is 0 Å². The monoisotopic (exact) mass is 464 g/mol. The van der Waals surface area contributed by atoms with E-state index in [9.17, 15) is 18.0 Å². The zero-order chi connectivity index (χ0) is 21.5. The zero-order valence-corrected chi connectivity index (χ0v) is 18.8. The SMILES string of the molecule is COc1ccc(SC2CCCC(=O)C2C(=O)c2ccc3c(c2Cl)CCS3(=O)=O)cc1. The van der Waals surface area contributed by atoms with Crippen molar-refractivity contribution in [2.75, 3.05) is 12.9 Å². The van der Waals surface area contributed by atoms with Crippen LogP contribution < -0.4 is 4.74 Å². The molecule has 1 aliphatic heterocycles. The molecule has 30 heavy (non-hydrogen) atoms. The number of ketones is 2. The molecule has 1 saturated carbocycles. The molecule has 0 saturated heterocycles. The van der Waals surface area contributed by atoms with E-state index in [0.717, 1.165) is 23.5 Å². The van der Waals surface area contributed by atoms with Gasteiger partial charge < -0.3 is 4.74 Å². The summed E-state index contributed by atoms with van der Waals surface area (Å²) in [5, 5.41) is -0.0228. The first-order chi connectivity index (χ1) is 14.3. The Morgan fingerprint density at radius 1 is 1.13 bits per heavy atom. The minimum absolute atomic E-state index is 0.00198. The normalized spacial score (nSPS) is 22.5. The minimum atomic E-state index is -3.34. The number of ether oxygens (including phenoxy) is 1. The first kappa shape index (κ1) is 21.4. The second-order valence-electron chi connectivity index (χ2n) is 7.50. The number of benzene rings is 2. The van der Waals surface area contributed by atoms with Crippen LogP contribution in [0.5, 0.6) is 5.75 Å². The Hall–Kier alpha value is -1.83. The number of fused-ring (bicyclic) bond motifs is 1. The molecule has 158 valence electrons. The highest BCUT2D eigenvalue weighted by molar-refractivity contribution is 8.00. The molecule has 2 aliphatic rings. The largest absolute Gasteiger partial charge is 0.497 e. The molecule has 0 radical (unpaired) electrons. The summed E-state index contributed by atoms with van der Waals surface area (Å²) in [6, 6.07) is 10.4. The van der Waals surface area contributed by atoms with E-state index < -0.39 is 15.8 Å². The average Bonchev–Trinajstić information content (AvgIpc) is 3.04. The number of methoxy groups -OCH3 is 1. The number of carbonyl (C=O) groups excluding carboxylic acids is 2. The topological polar surface area (TPSA) is 77.5 Å². The molecule has 0 aromatic heterocycles. The predicted molar refractivity (Wildman–Crippen MR) is 117 cm³/mol. The van der Waals surface area contributed by atoms with Crippen LogP contribution in [0.3, 0.4) is 0 Å². The summed E-state index contributed by atoms with van der Waals surface area (Å²) in [7, 11) is -1.74. The molecule has 2 aromatic rings. The third-order valence-corrected chi connectivity index (χ3v) is 9.26. The highest BCUT2D eigenvalue weighted by Crippen LogP contribution is 2.40. The maximum Gasteiger partial charge on any atom is 0.179 e. The molecule has 1 fully saturated rings. The summed E-state index contributed by atoms with van der Waals surface area (Å²) >= 11 is 7.98. The number of halogens is 1. The molecule has 1 heterocycles. The average molecular weight is 465 g/mol. The summed E-state index contributed by atoms with van der Waals surface area (Å²) in [6.45, 7) is 0. The number of Topliss-reactive ketones (excluding diaryl/α,β-unsaturated/α-hetero) is 2. The maximum atomic E-state index is 13.4. The Morgan fingerprint density at radius 3 is 2.57 bits per heavy atom. The van der Waals surface area contributed by atoms with Gasteiger partial charge in [0.25, 0.3) is 0 Å². The lowest BCUT2D eigenvalue weighted by atomic mass is 9.82. The summed E-state index contributed by atoms with van der Waals surface area (Å²) < 4.78 is 29.4. The van der Waals surface area contributed by atoms with Crippen molar-refractivity contribution in [2.24, 2.45) is 5.92 Å². The van der Waals surface area contributed by atoms with Crippen molar-refractivity contribution in [1.82, 2.24) is 0 Å². The quantitative estimate of drug-likeness (QED) is 0.482. The molecule has 2 atom stereocenters. The fourth-order valence-electron chi connectivity index (χ4n) is 4.11. The van der Waals surface area contributed by atoms with E-state index in [2.05, 4.69) is 0 Å². The van der Waals surface area contributed by atoms with Gasteiger partial charge in [-0.3, -0.25) is 9.59 Å². The van der Waals surface area contributed by atoms with Crippen LogP contribution in [0.1, 0.15) is 35.2 Å². The number of rotatable bonds is 5. The van der Waals surface area contributed by atoms with E-state index in [1.807, 2.05) is 24.3 Å². The van der Waals surface area contributed by atoms with E-state index in [1.165, 1.54) is 23.9 Å². The van der Waals surface area contributed by atoms with Crippen LogP contribution in [0, 0.1) is 5.92 Å².